The highest BCUT2D eigenvalue weighted by Gasteiger charge is 2.25. The van der Waals surface area contributed by atoms with E-state index in [1.807, 2.05) is 18.2 Å². The fourth-order valence-corrected chi connectivity index (χ4v) is 2.85. The molecule has 1 saturated carbocycles. The van der Waals surface area contributed by atoms with E-state index in [1.54, 1.807) is 26.2 Å². The topological polar surface area (TPSA) is 64.6 Å². The van der Waals surface area contributed by atoms with Gasteiger partial charge in [0, 0.05) is 25.1 Å². The van der Waals surface area contributed by atoms with Gasteiger partial charge in [0.05, 0.1) is 12.5 Å². The first-order valence-electron chi connectivity index (χ1n) is 8.16. The maximum absolute atomic E-state index is 12.0. The number of carbonyl (C=O) groups excluding carboxylic acids is 2. The molecule has 1 N–H and O–H groups in total. The summed E-state index contributed by atoms with van der Waals surface area (Å²) in [7, 11) is 1.69. The van der Waals surface area contributed by atoms with Gasteiger partial charge in [0.2, 0.25) is 0 Å². The fourth-order valence-electron chi connectivity index (χ4n) is 2.85. The highest BCUT2D eigenvalue weighted by atomic mass is 16.5. The summed E-state index contributed by atoms with van der Waals surface area (Å²) in [6.07, 6.45) is 3.95. The summed E-state index contributed by atoms with van der Waals surface area (Å²) in [5.74, 6) is -0.448. The number of carbonyl (C=O) groups is 2. The second-order valence-corrected chi connectivity index (χ2v) is 6.08. The van der Waals surface area contributed by atoms with Gasteiger partial charge in [-0.05, 0) is 38.3 Å². The molecule has 0 unspecified atom stereocenters. The molecule has 0 saturated heterocycles. The third-order valence-electron chi connectivity index (χ3n) is 4.10. The van der Waals surface area contributed by atoms with Gasteiger partial charge in [-0.25, -0.2) is 0 Å². The molecule has 0 heterocycles. The molecule has 0 spiro atoms. The Hall–Kier alpha value is -1.88. The maximum Gasteiger partial charge on any atom is 0.308 e. The van der Waals surface area contributed by atoms with Crippen LogP contribution in [0.2, 0.25) is 0 Å². The van der Waals surface area contributed by atoms with Crippen LogP contribution in [0, 0.1) is 0 Å². The van der Waals surface area contributed by atoms with Gasteiger partial charge in [0.1, 0.15) is 6.10 Å². The van der Waals surface area contributed by atoms with E-state index in [-0.39, 0.29) is 36.5 Å². The van der Waals surface area contributed by atoms with Crippen molar-refractivity contribution in [1.82, 2.24) is 5.32 Å². The molecule has 2 rings (SSSR count). The summed E-state index contributed by atoms with van der Waals surface area (Å²) in [5.41, 5.74) is 0.586. The molecule has 5 nitrogen and oxygen atoms in total. The zero-order chi connectivity index (χ0) is 16.7. The number of amides is 1. The molecule has 3 atom stereocenters. The lowest BCUT2D eigenvalue weighted by Crippen LogP contribution is -2.36. The highest BCUT2D eigenvalue weighted by molar-refractivity contribution is 5.94. The Morgan fingerprint density at radius 1 is 1.22 bits per heavy atom. The van der Waals surface area contributed by atoms with Gasteiger partial charge < -0.3 is 14.8 Å². The Bertz CT molecular complexity index is 517. The SMILES string of the molecule is CO[C@@H]1CCC[C@H](OC(=O)C[C@H](C)NC(=O)c2ccccc2)C1. The monoisotopic (exact) mass is 319 g/mol. The highest BCUT2D eigenvalue weighted by Crippen LogP contribution is 2.23. The van der Waals surface area contributed by atoms with Crippen molar-refractivity contribution in [3.05, 3.63) is 35.9 Å². The predicted octanol–water partition coefficient (Wildman–Crippen LogP) is 2.70. The van der Waals surface area contributed by atoms with Crippen molar-refractivity contribution in [3.63, 3.8) is 0 Å². The number of methoxy groups -OCH3 is 1. The van der Waals surface area contributed by atoms with Crippen LogP contribution in [-0.4, -0.2) is 37.2 Å². The van der Waals surface area contributed by atoms with Gasteiger partial charge in [-0.3, -0.25) is 9.59 Å². The first kappa shape index (κ1) is 17.5. The molecule has 5 heteroatoms. The van der Waals surface area contributed by atoms with Crippen molar-refractivity contribution < 1.29 is 19.1 Å². The summed E-state index contributed by atoms with van der Waals surface area (Å²) in [5, 5.41) is 2.82. The molecule has 1 aromatic carbocycles. The molecule has 23 heavy (non-hydrogen) atoms. The first-order chi connectivity index (χ1) is 11.1. The van der Waals surface area contributed by atoms with Crippen LogP contribution in [0.4, 0.5) is 0 Å². The van der Waals surface area contributed by atoms with Crippen molar-refractivity contribution in [2.75, 3.05) is 7.11 Å². The molecule has 0 aromatic heterocycles. The van der Waals surface area contributed by atoms with Crippen LogP contribution in [0.1, 0.15) is 49.4 Å². The van der Waals surface area contributed by atoms with E-state index < -0.39 is 0 Å². The van der Waals surface area contributed by atoms with Crippen LogP contribution in [0.3, 0.4) is 0 Å². The summed E-state index contributed by atoms with van der Waals surface area (Å²) in [6.45, 7) is 1.81. The van der Waals surface area contributed by atoms with Crippen LogP contribution in [-0.2, 0) is 14.3 Å². The smallest absolute Gasteiger partial charge is 0.308 e. The van der Waals surface area contributed by atoms with Gasteiger partial charge in [-0.2, -0.15) is 0 Å². The fraction of sp³-hybridized carbons (Fsp3) is 0.556. The van der Waals surface area contributed by atoms with E-state index in [2.05, 4.69) is 5.32 Å². The maximum atomic E-state index is 12.0. The summed E-state index contributed by atoms with van der Waals surface area (Å²) < 4.78 is 10.8. The zero-order valence-electron chi connectivity index (χ0n) is 13.8. The summed E-state index contributed by atoms with van der Waals surface area (Å²) in [6, 6.07) is 8.69. The summed E-state index contributed by atoms with van der Waals surface area (Å²) >= 11 is 0. The lowest BCUT2D eigenvalue weighted by Gasteiger charge is -2.28. The van der Waals surface area contributed by atoms with Gasteiger partial charge in [-0.1, -0.05) is 18.2 Å². The largest absolute Gasteiger partial charge is 0.462 e. The third-order valence-corrected chi connectivity index (χ3v) is 4.10. The molecule has 1 aliphatic carbocycles. The Labute approximate surface area is 137 Å². The number of hydrogen-bond acceptors (Lipinski definition) is 4. The molecule has 1 aromatic rings. The van der Waals surface area contributed by atoms with Crippen LogP contribution < -0.4 is 5.32 Å². The number of benzene rings is 1. The van der Waals surface area contributed by atoms with Gasteiger partial charge in [0.25, 0.3) is 5.91 Å². The minimum Gasteiger partial charge on any atom is -0.462 e. The average molecular weight is 319 g/mol. The Morgan fingerprint density at radius 3 is 2.61 bits per heavy atom. The Morgan fingerprint density at radius 2 is 1.91 bits per heavy atom. The van der Waals surface area contributed by atoms with Crippen LogP contribution >= 0.6 is 0 Å². The third kappa shape index (κ3) is 5.67. The molecule has 1 amide bonds. The van der Waals surface area contributed by atoms with Crippen LogP contribution in [0.15, 0.2) is 30.3 Å². The average Bonchev–Trinajstić information content (AvgIpc) is 2.55. The minimum absolute atomic E-state index is 0.0711. The van der Waals surface area contributed by atoms with Crippen LogP contribution in [0.25, 0.3) is 0 Å². The molecule has 126 valence electrons. The number of hydrogen-bond donors (Lipinski definition) is 1. The van der Waals surface area contributed by atoms with E-state index >= 15 is 0 Å². The second-order valence-electron chi connectivity index (χ2n) is 6.08. The molecule has 0 radical (unpaired) electrons. The van der Waals surface area contributed by atoms with Gasteiger partial charge >= 0.3 is 5.97 Å². The number of rotatable bonds is 6. The van der Waals surface area contributed by atoms with Crippen molar-refractivity contribution in [1.29, 1.82) is 0 Å². The normalized spacial score (nSPS) is 22.2. The van der Waals surface area contributed by atoms with E-state index in [1.165, 1.54) is 0 Å². The van der Waals surface area contributed by atoms with Crippen molar-refractivity contribution >= 4 is 11.9 Å². The Kier molecular flexibility index (Phi) is 6.59. The molecule has 0 aliphatic heterocycles. The van der Waals surface area contributed by atoms with Gasteiger partial charge in [0.15, 0.2) is 0 Å². The van der Waals surface area contributed by atoms with E-state index in [4.69, 9.17) is 9.47 Å². The minimum atomic E-state index is -0.271. The Balaban J connectivity index is 1.75. The van der Waals surface area contributed by atoms with E-state index in [9.17, 15) is 9.59 Å². The van der Waals surface area contributed by atoms with Crippen molar-refractivity contribution in [2.24, 2.45) is 0 Å². The van der Waals surface area contributed by atoms with E-state index in [0.717, 1.165) is 25.7 Å². The predicted molar refractivity (Wildman–Crippen MR) is 87.1 cm³/mol. The lowest BCUT2D eigenvalue weighted by molar-refractivity contribution is -0.153. The molecule has 0 bridgehead atoms. The molecular weight excluding hydrogens is 294 g/mol. The summed E-state index contributed by atoms with van der Waals surface area (Å²) in [4.78, 5) is 24.0. The number of ether oxygens (including phenoxy) is 2. The number of esters is 1. The number of nitrogens with one attached hydrogen (secondary N) is 1. The van der Waals surface area contributed by atoms with Crippen molar-refractivity contribution in [2.45, 2.75) is 57.3 Å². The standard InChI is InChI=1S/C18H25NO4/c1-13(19-18(21)14-7-4-3-5-8-14)11-17(20)23-16-10-6-9-15(12-16)22-2/h3-5,7-8,13,15-16H,6,9-12H2,1-2H3,(H,19,21)/t13-,15+,16-/m0/s1. The molecular formula is C18H25NO4. The lowest BCUT2D eigenvalue weighted by atomic mass is 9.95. The quantitative estimate of drug-likeness (QED) is 0.819. The molecule has 1 fully saturated rings. The molecule has 1 aliphatic rings. The zero-order valence-corrected chi connectivity index (χ0v) is 13.8. The second kappa shape index (κ2) is 8.67. The van der Waals surface area contributed by atoms with E-state index in [0.29, 0.717) is 5.56 Å². The first-order valence-corrected chi connectivity index (χ1v) is 8.16. The van der Waals surface area contributed by atoms with Crippen LogP contribution in [0.5, 0.6) is 0 Å². The van der Waals surface area contributed by atoms with Gasteiger partial charge in [-0.15, -0.1) is 0 Å². The van der Waals surface area contributed by atoms with Crippen molar-refractivity contribution in [3.8, 4) is 0 Å².